The Bertz CT molecular complexity index is 1020. The molecule has 1 amide bonds. The summed E-state index contributed by atoms with van der Waals surface area (Å²) in [6.07, 6.45) is 3.40. The van der Waals surface area contributed by atoms with Crippen LogP contribution < -0.4 is 4.74 Å². The van der Waals surface area contributed by atoms with E-state index in [0.717, 1.165) is 37.6 Å². The van der Waals surface area contributed by atoms with E-state index in [2.05, 4.69) is 9.97 Å². The van der Waals surface area contributed by atoms with Gasteiger partial charge in [-0.05, 0) is 39.8 Å². The standard InChI is InChI=1S/C22H25N3O2S2/c1-14-22(29-17(4)23-14)15(2)25(5)21(26)11-10-18-8-6-7-9-20(18)27-12-19-13-28-16(3)24-19/h6-11,13,15H,12H2,1-5H3/b11-10+. The second kappa shape index (κ2) is 9.33. The molecule has 1 aromatic carbocycles. The minimum atomic E-state index is -0.0621. The first-order valence-electron chi connectivity index (χ1n) is 9.36. The molecule has 152 valence electrons. The van der Waals surface area contributed by atoms with Gasteiger partial charge in [0, 0.05) is 28.9 Å². The van der Waals surface area contributed by atoms with Crippen molar-refractivity contribution in [3.05, 3.63) is 67.6 Å². The summed E-state index contributed by atoms with van der Waals surface area (Å²) in [5.41, 5.74) is 2.75. The summed E-state index contributed by atoms with van der Waals surface area (Å²) >= 11 is 3.24. The highest BCUT2D eigenvalue weighted by Gasteiger charge is 2.20. The molecule has 0 radical (unpaired) electrons. The lowest BCUT2D eigenvalue weighted by Gasteiger charge is -2.23. The van der Waals surface area contributed by atoms with Crippen LogP contribution in [-0.2, 0) is 11.4 Å². The first-order chi connectivity index (χ1) is 13.8. The van der Waals surface area contributed by atoms with Gasteiger partial charge in [-0.1, -0.05) is 18.2 Å². The van der Waals surface area contributed by atoms with Gasteiger partial charge in [0.05, 0.1) is 27.4 Å². The van der Waals surface area contributed by atoms with Crippen LogP contribution in [0.2, 0.25) is 0 Å². The van der Waals surface area contributed by atoms with E-state index >= 15 is 0 Å². The monoisotopic (exact) mass is 427 g/mol. The van der Waals surface area contributed by atoms with Crippen molar-refractivity contribution < 1.29 is 9.53 Å². The number of aryl methyl sites for hydroxylation is 3. The lowest BCUT2D eigenvalue weighted by molar-refractivity contribution is -0.126. The predicted octanol–water partition coefficient (Wildman–Crippen LogP) is 5.34. The van der Waals surface area contributed by atoms with Crippen molar-refractivity contribution in [1.29, 1.82) is 0 Å². The topological polar surface area (TPSA) is 55.3 Å². The fourth-order valence-corrected chi connectivity index (χ4v) is 4.58. The maximum absolute atomic E-state index is 12.7. The zero-order valence-electron chi connectivity index (χ0n) is 17.3. The number of aromatic nitrogens is 2. The van der Waals surface area contributed by atoms with Crippen molar-refractivity contribution in [3.8, 4) is 5.75 Å². The molecule has 3 rings (SSSR count). The van der Waals surface area contributed by atoms with E-state index in [0.29, 0.717) is 6.61 Å². The van der Waals surface area contributed by atoms with Crippen molar-refractivity contribution in [3.63, 3.8) is 0 Å². The maximum atomic E-state index is 12.7. The maximum Gasteiger partial charge on any atom is 0.246 e. The molecule has 0 N–H and O–H groups in total. The Morgan fingerprint density at radius 1 is 1.21 bits per heavy atom. The molecule has 3 aromatic rings. The minimum absolute atomic E-state index is 0.0299. The summed E-state index contributed by atoms with van der Waals surface area (Å²) < 4.78 is 5.93. The zero-order chi connectivity index (χ0) is 21.0. The number of hydrogen-bond donors (Lipinski definition) is 0. The van der Waals surface area contributed by atoms with Crippen molar-refractivity contribution in [2.24, 2.45) is 0 Å². The molecule has 7 heteroatoms. The number of para-hydroxylation sites is 1. The number of likely N-dealkylation sites (N-methyl/N-ethyl adjacent to an activating group) is 1. The number of ether oxygens (including phenoxy) is 1. The van der Waals surface area contributed by atoms with Crippen LogP contribution >= 0.6 is 22.7 Å². The Balaban J connectivity index is 1.68. The van der Waals surface area contributed by atoms with Gasteiger partial charge in [-0.25, -0.2) is 9.97 Å². The molecule has 0 aliphatic carbocycles. The van der Waals surface area contributed by atoms with Gasteiger partial charge in [0.2, 0.25) is 5.91 Å². The minimum Gasteiger partial charge on any atom is -0.487 e. The van der Waals surface area contributed by atoms with Crippen LogP contribution in [-0.4, -0.2) is 27.8 Å². The molecule has 0 spiro atoms. The van der Waals surface area contributed by atoms with Gasteiger partial charge in [-0.2, -0.15) is 0 Å². The molecule has 0 bridgehead atoms. The van der Waals surface area contributed by atoms with E-state index in [1.165, 1.54) is 0 Å². The van der Waals surface area contributed by atoms with Gasteiger partial charge in [-0.15, -0.1) is 22.7 Å². The number of carbonyl (C=O) groups excluding carboxylic acids is 1. The fraction of sp³-hybridized carbons (Fsp3) is 0.318. The van der Waals surface area contributed by atoms with Crippen molar-refractivity contribution in [2.45, 2.75) is 40.3 Å². The summed E-state index contributed by atoms with van der Waals surface area (Å²) in [6.45, 7) is 8.38. The van der Waals surface area contributed by atoms with Crippen LogP contribution in [0.1, 0.15) is 44.8 Å². The van der Waals surface area contributed by atoms with Gasteiger partial charge in [0.15, 0.2) is 0 Å². The van der Waals surface area contributed by atoms with Crippen molar-refractivity contribution >= 4 is 34.7 Å². The Labute approximate surface area is 179 Å². The number of thiazole rings is 2. The average molecular weight is 428 g/mol. The number of hydrogen-bond acceptors (Lipinski definition) is 6. The number of carbonyl (C=O) groups is 1. The molecule has 0 aliphatic rings. The number of benzene rings is 1. The Morgan fingerprint density at radius 3 is 2.62 bits per heavy atom. The lowest BCUT2D eigenvalue weighted by atomic mass is 10.1. The van der Waals surface area contributed by atoms with Crippen molar-refractivity contribution in [1.82, 2.24) is 14.9 Å². The molecule has 0 saturated carbocycles. The predicted molar refractivity (Wildman–Crippen MR) is 119 cm³/mol. The van der Waals surface area contributed by atoms with Crippen LogP contribution in [0.5, 0.6) is 5.75 Å². The SMILES string of the molecule is Cc1nc(COc2ccccc2/C=C/C(=O)N(C)C(C)c2sc(C)nc2C)cs1. The number of nitrogens with zero attached hydrogens (tertiary/aromatic N) is 3. The van der Waals surface area contributed by atoms with Gasteiger partial charge in [-0.3, -0.25) is 4.79 Å². The Hall–Kier alpha value is -2.51. The third-order valence-corrected chi connectivity index (χ3v) is 6.68. The highest BCUT2D eigenvalue weighted by Crippen LogP contribution is 2.28. The molecule has 5 nitrogen and oxygen atoms in total. The molecule has 1 atom stereocenters. The van der Waals surface area contributed by atoms with E-state index in [9.17, 15) is 4.79 Å². The molecular weight excluding hydrogens is 402 g/mol. The molecule has 2 aromatic heterocycles. The zero-order valence-corrected chi connectivity index (χ0v) is 18.9. The quantitative estimate of drug-likeness (QED) is 0.478. The van der Waals surface area contributed by atoms with Gasteiger partial charge in [0.1, 0.15) is 12.4 Å². The summed E-state index contributed by atoms with van der Waals surface area (Å²) in [5, 5.41) is 4.03. The van der Waals surface area contributed by atoms with E-state index in [-0.39, 0.29) is 11.9 Å². The largest absolute Gasteiger partial charge is 0.487 e. The lowest BCUT2D eigenvalue weighted by Crippen LogP contribution is -2.27. The molecule has 29 heavy (non-hydrogen) atoms. The summed E-state index contributed by atoms with van der Waals surface area (Å²) in [4.78, 5) is 24.5. The Kier molecular flexibility index (Phi) is 6.82. The second-order valence-corrected chi connectivity index (χ2v) is 9.12. The van der Waals surface area contributed by atoms with Crippen molar-refractivity contribution in [2.75, 3.05) is 7.05 Å². The number of amides is 1. The van der Waals surface area contributed by atoms with Crippen LogP contribution in [0.15, 0.2) is 35.7 Å². The van der Waals surface area contributed by atoms with E-state index < -0.39 is 0 Å². The first-order valence-corrected chi connectivity index (χ1v) is 11.1. The molecule has 0 aliphatic heterocycles. The molecule has 2 heterocycles. The van der Waals surface area contributed by atoms with E-state index in [4.69, 9.17) is 4.74 Å². The Morgan fingerprint density at radius 2 is 1.97 bits per heavy atom. The van der Waals surface area contributed by atoms with Crippen LogP contribution in [0.3, 0.4) is 0 Å². The van der Waals surface area contributed by atoms with E-state index in [1.807, 2.05) is 64.4 Å². The van der Waals surface area contributed by atoms with Crippen LogP contribution in [0.4, 0.5) is 0 Å². The number of rotatable bonds is 7. The smallest absolute Gasteiger partial charge is 0.246 e. The normalized spacial score (nSPS) is 12.3. The third kappa shape index (κ3) is 5.31. The molecule has 1 unspecified atom stereocenters. The van der Waals surface area contributed by atoms with Gasteiger partial charge in [0.25, 0.3) is 0 Å². The van der Waals surface area contributed by atoms with Crippen LogP contribution in [0.25, 0.3) is 6.08 Å². The van der Waals surface area contributed by atoms with Gasteiger partial charge >= 0.3 is 0 Å². The summed E-state index contributed by atoms with van der Waals surface area (Å²) in [7, 11) is 1.82. The molecule has 0 fully saturated rings. The molecular formula is C22H25N3O2S2. The second-order valence-electron chi connectivity index (χ2n) is 6.83. The third-order valence-electron chi connectivity index (χ3n) is 4.61. The van der Waals surface area contributed by atoms with E-state index in [1.54, 1.807) is 39.7 Å². The fourth-order valence-electron chi connectivity index (χ4n) is 2.96. The highest BCUT2D eigenvalue weighted by atomic mass is 32.1. The van der Waals surface area contributed by atoms with Crippen LogP contribution in [0, 0.1) is 20.8 Å². The highest BCUT2D eigenvalue weighted by molar-refractivity contribution is 7.11. The summed E-state index contributed by atoms with van der Waals surface area (Å²) in [5.74, 6) is 0.666. The molecule has 0 saturated heterocycles. The first kappa shape index (κ1) is 21.2. The van der Waals surface area contributed by atoms with Gasteiger partial charge < -0.3 is 9.64 Å². The summed E-state index contributed by atoms with van der Waals surface area (Å²) in [6, 6.07) is 7.66. The average Bonchev–Trinajstić information content (AvgIpc) is 3.27.